The number of anilines is 1. The van der Waals surface area contributed by atoms with Crippen molar-refractivity contribution in [2.45, 2.75) is 20.8 Å². The van der Waals surface area contributed by atoms with Crippen molar-refractivity contribution in [2.75, 3.05) is 5.43 Å². The van der Waals surface area contributed by atoms with E-state index in [0.29, 0.717) is 10.0 Å². The van der Waals surface area contributed by atoms with Gasteiger partial charge in [-0.3, -0.25) is 10.2 Å². The van der Waals surface area contributed by atoms with E-state index < -0.39 is 0 Å². The number of rotatable bonds is 4. The molecule has 2 aromatic heterocycles. The van der Waals surface area contributed by atoms with Crippen LogP contribution in [0.2, 0.25) is 0 Å². The van der Waals surface area contributed by atoms with Crippen molar-refractivity contribution in [3.63, 3.8) is 0 Å². The number of carbonyl (C=O) groups excluding carboxylic acids is 1. The lowest BCUT2D eigenvalue weighted by molar-refractivity contribution is 0.102. The second-order valence-electron chi connectivity index (χ2n) is 3.78. The zero-order chi connectivity index (χ0) is 13.1. The molecule has 0 aliphatic rings. The monoisotopic (exact) mass is 279 g/mol. The highest BCUT2D eigenvalue weighted by Gasteiger charge is 2.10. The molecule has 0 fully saturated rings. The molecule has 0 bridgehead atoms. The van der Waals surface area contributed by atoms with Crippen molar-refractivity contribution in [3.05, 3.63) is 33.0 Å². The zero-order valence-electron chi connectivity index (χ0n) is 10.4. The summed E-state index contributed by atoms with van der Waals surface area (Å²) in [7, 11) is 0. The molecule has 0 atom stereocenters. The van der Waals surface area contributed by atoms with Crippen molar-refractivity contribution >= 4 is 39.3 Å². The fourth-order valence-electron chi connectivity index (χ4n) is 1.44. The van der Waals surface area contributed by atoms with Gasteiger partial charge in [-0.2, -0.15) is 5.10 Å². The summed E-state index contributed by atoms with van der Waals surface area (Å²) in [5.41, 5.74) is 4.55. The van der Waals surface area contributed by atoms with Crippen LogP contribution in [0.5, 0.6) is 0 Å². The number of hydrogen-bond acceptors (Lipinski definition) is 6. The molecule has 0 aliphatic heterocycles. The maximum Gasteiger partial charge on any atom is 0.204 e. The number of aromatic nitrogens is 1. The fourth-order valence-corrected chi connectivity index (χ4v) is 2.92. The molecule has 4 nitrogen and oxygen atoms in total. The minimum atomic E-state index is 0.0389. The van der Waals surface area contributed by atoms with Crippen LogP contribution in [0.15, 0.2) is 22.6 Å². The van der Waals surface area contributed by atoms with E-state index in [-0.39, 0.29) is 5.78 Å². The number of hydrazone groups is 1. The van der Waals surface area contributed by atoms with Crippen LogP contribution in [0.3, 0.4) is 0 Å². The first-order valence-corrected chi connectivity index (χ1v) is 7.10. The molecule has 0 aliphatic carbocycles. The number of thiazole rings is 1. The van der Waals surface area contributed by atoms with Gasteiger partial charge >= 0.3 is 0 Å². The lowest BCUT2D eigenvalue weighted by atomic mass is 10.3. The van der Waals surface area contributed by atoms with E-state index in [1.807, 2.05) is 31.4 Å². The Morgan fingerprint density at radius 2 is 2.22 bits per heavy atom. The minimum Gasteiger partial charge on any atom is -0.294 e. The van der Waals surface area contributed by atoms with Crippen molar-refractivity contribution in [1.82, 2.24) is 4.98 Å². The van der Waals surface area contributed by atoms with Gasteiger partial charge in [0.1, 0.15) is 0 Å². The molecule has 0 amide bonds. The van der Waals surface area contributed by atoms with Gasteiger partial charge in [0.2, 0.25) is 5.13 Å². The Hall–Kier alpha value is -1.53. The molecule has 0 spiro atoms. The van der Waals surface area contributed by atoms with Gasteiger partial charge in [-0.25, -0.2) is 4.98 Å². The number of nitrogens with zero attached hydrogens (tertiary/aromatic N) is 2. The molecule has 18 heavy (non-hydrogen) atoms. The summed E-state index contributed by atoms with van der Waals surface area (Å²) < 4.78 is 0. The molecule has 6 heteroatoms. The first-order chi connectivity index (χ1) is 8.58. The van der Waals surface area contributed by atoms with Crippen LogP contribution in [0, 0.1) is 6.92 Å². The minimum absolute atomic E-state index is 0.0389. The maximum absolute atomic E-state index is 11.3. The summed E-state index contributed by atoms with van der Waals surface area (Å²) in [5.74, 6) is 0.0389. The van der Waals surface area contributed by atoms with Crippen molar-refractivity contribution in [1.29, 1.82) is 0 Å². The second kappa shape index (κ2) is 5.41. The Bertz CT molecular complexity index is 584. The Morgan fingerprint density at radius 1 is 1.44 bits per heavy atom. The number of ketones is 1. The Balaban J connectivity index is 2.13. The predicted molar refractivity (Wildman–Crippen MR) is 77.0 cm³/mol. The van der Waals surface area contributed by atoms with Gasteiger partial charge in [0.05, 0.1) is 16.3 Å². The number of nitrogens with one attached hydrogen (secondary N) is 1. The van der Waals surface area contributed by atoms with Gasteiger partial charge in [-0.15, -0.1) is 11.3 Å². The van der Waals surface area contributed by atoms with Crippen molar-refractivity contribution in [2.24, 2.45) is 5.10 Å². The molecule has 0 radical (unpaired) electrons. The molecule has 0 aromatic carbocycles. The summed E-state index contributed by atoms with van der Waals surface area (Å²) in [4.78, 5) is 17.4. The lowest BCUT2D eigenvalue weighted by Gasteiger charge is -1.97. The standard InChI is InChI=1S/C12H13N3OS2/c1-7(10-5-4-6-17-10)14-15-12-13-8(2)11(18-12)9(3)16/h4-6H,1-3H3,(H,13,15)/b14-7+. The molecule has 2 heterocycles. The van der Waals surface area contributed by atoms with Crippen molar-refractivity contribution in [3.8, 4) is 0 Å². The summed E-state index contributed by atoms with van der Waals surface area (Å²) in [6.07, 6.45) is 0. The maximum atomic E-state index is 11.3. The average molecular weight is 279 g/mol. The van der Waals surface area contributed by atoms with Crippen LogP contribution < -0.4 is 5.43 Å². The zero-order valence-corrected chi connectivity index (χ0v) is 12.0. The smallest absolute Gasteiger partial charge is 0.204 e. The number of hydrogen-bond donors (Lipinski definition) is 1. The number of aryl methyl sites for hydroxylation is 1. The first kappa shape index (κ1) is 12.9. The normalized spacial score (nSPS) is 11.6. The highest BCUT2D eigenvalue weighted by molar-refractivity contribution is 7.17. The molecule has 2 rings (SSSR count). The van der Waals surface area contributed by atoms with Gasteiger partial charge in [-0.1, -0.05) is 17.4 Å². The van der Waals surface area contributed by atoms with E-state index in [1.165, 1.54) is 11.3 Å². The van der Waals surface area contributed by atoms with Gasteiger partial charge in [0.15, 0.2) is 5.78 Å². The average Bonchev–Trinajstić information content (AvgIpc) is 2.94. The van der Waals surface area contributed by atoms with E-state index in [2.05, 4.69) is 15.5 Å². The fraction of sp³-hybridized carbons (Fsp3) is 0.250. The summed E-state index contributed by atoms with van der Waals surface area (Å²) in [6, 6.07) is 4.00. The van der Waals surface area contributed by atoms with Gasteiger partial charge in [0.25, 0.3) is 0 Å². The molecular weight excluding hydrogens is 266 g/mol. The molecule has 94 valence electrons. The van der Waals surface area contributed by atoms with E-state index >= 15 is 0 Å². The van der Waals surface area contributed by atoms with Crippen LogP contribution in [-0.4, -0.2) is 16.5 Å². The van der Waals surface area contributed by atoms with Crippen LogP contribution in [-0.2, 0) is 0 Å². The van der Waals surface area contributed by atoms with E-state index in [4.69, 9.17) is 0 Å². The Kier molecular flexibility index (Phi) is 3.88. The molecule has 0 unspecified atom stereocenters. The lowest BCUT2D eigenvalue weighted by Crippen LogP contribution is -1.96. The third-order valence-corrected chi connectivity index (χ3v) is 4.45. The first-order valence-electron chi connectivity index (χ1n) is 5.40. The third-order valence-electron chi connectivity index (χ3n) is 2.31. The van der Waals surface area contributed by atoms with Crippen LogP contribution in [0.4, 0.5) is 5.13 Å². The summed E-state index contributed by atoms with van der Waals surface area (Å²) in [6.45, 7) is 5.31. The predicted octanol–water partition coefficient (Wildman–Crippen LogP) is 3.55. The number of carbonyl (C=O) groups is 1. The van der Waals surface area contributed by atoms with Crippen LogP contribution in [0.25, 0.3) is 0 Å². The number of thiophene rings is 1. The SMILES string of the molecule is CC(=O)c1sc(N/N=C(\C)c2cccs2)nc1C. The molecule has 0 saturated heterocycles. The van der Waals surface area contributed by atoms with Crippen LogP contribution in [0.1, 0.15) is 34.1 Å². The number of Topliss-reactive ketones (excluding diaryl/α,β-unsaturated/α-hetero) is 1. The topological polar surface area (TPSA) is 54.4 Å². The van der Waals surface area contributed by atoms with Gasteiger partial charge < -0.3 is 0 Å². The highest BCUT2D eigenvalue weighted by Crippen LogP contribution is 2.23. The Labute approximate surface area is 113 Å². The van der Waals surface area contributed by atoms with E-state index in [9.17, 15) is 4.79 Å². The second-order valence-corrected chi connectivity index (χ2v) is 5.72. The van der Waals surface area contributed by atoms with Crippen molar-refractivity contribution < 1.29 is 4.79 Å². The quantitative estimate of drug-likeness (QED) is 0.529. The molecule has 0 saturated carbocycles. The van der Waals surface area contributed by atoms with Crippen LogP contribution >= 0.6 is 22.7 Å². The summed E-state index contributed by atoms with van der Waals surface area (Å²) in [5, 5.41) is 6.92. The largest absolute Gasteiger partial charge is 0.294 e. The highest BCUT2D eigenvalue weighted by atomic mass is 32.1. The molecular formula is C12H13N3OS2. The third kappa shape index (κ3) is 2.83. The van der Waals surface area contributed by atoms with E-state index in [0.717, 1.165) is 16.3 Å². The van der Waals surface area contributed by atoms with E-state index in [1.54, 1.807) is 18.3 Å². The summed E-state index contributed by atoms with van der Waals surface area (Å²) >= 11 is 2.97. The molecule has 1 N–H and O–H groups in total. The van der Waals surface area contributed by atoms with Gasteiger partial charge in [0, 0.05) is 11.8 Å². The Morgan fingerprint density at radius 3 is 2.78 bits per heavy atom. The molecule has 2 aromatic rings. The van der Waals surface area contributed by atoms with Gasteiger partial charge in [-0.05, 0) is 25.3 Å².